The van der Waals surface area contributed by atoms with Gasteiger partial charge >= 0.3 is 0 Å². The molecule has 10 heteroatoms. The number of aromatic amines is 1. The first-order valence-electron chi connectivity index (χ1n) is 8.93. The molecule has 2 heterocycles. The number of aromatic nitrogens is 3. The van der Waals surface area contributed by atoms with Crippen LogP contribution in [0, 0.1) is 0 Å². The Morgan fingerprint density at radius 1 is 1.28 bits per heavy atom. The van der Waals surface area contributed by atoms with Crippen molar-refractivity contribution < 1.29 is 9.59 Å². The third-order valence-corrected chi connectivity index (χ3v) is 5.98. The Bertz CT molecular complexity index is 944. The SMILES string of the molecule is CCN(CC(=O)NCc1cccs1)C(=O)CSc1n[nH]c(-c2ccc(Cl)cc2)n1. The number of rotatable bonds is 9. The molecule has 0 aliphatic heterocycles. The molecule has 7 nitrogen and oxygen atoms in total. The van der Waals surface area contributed by atoms with Crippen LogP contribution in [0.3, 0.4) is 0 Å². The number of nitrogens with zero attached hydrogens (tertiary/aromatic N) is 3. The molecule has 29 heavy (non-hydrogen) atoms. The number of thioether (sulfide) groups is 1. The van der Waals surface area contributed by atoms with Crippen LogP contribution < -0.4 is 5.32 Å². The molecule has 2 N–H and O–H groups in total. The number of nitrogens with one attached hydrogen (secondary N) is 2. The maximum Gasteiger partial charge on any atom is 0.239 e. The highest BCUT2D eigenvalue weighted by Crippen LogP contribution is 2.21. The average Bonchev–Trinajstić information content (AvgIpc) is 3.41. The van der Waals surface area contributed by atoms with Crippen molar-refractivity contribution in [2.24, 2.45) is 0 Å². The summed E-state index contributed by atoms with van der Waals surface area (Å²) in [5.74, 6) is 0.448. The number of H-pyrrole nitrogens is 1. The average molecular weight is 450 g/mol. The predicted molar refractivity (Wildman–Crippen MR) is 116 cm³/mol. The molecule has 3 rings (SSSR count). The Morgan fingerprint density at radius 3 is 2.76 bits per heavy atom. The van der Waals surface area contributed by atoms with Crippen LogP contribution in [0.1, 0.15) is 11.8 Å². The van der Waals surface area contributed by atoms with Crippen LogP contribution in [0.2, 0.25) is 5.02 Å². The van der Waals surface area contributed by atoms with Gasteiger partial charge in [0.05, 0.1) is 18.8 Å². The summed E-state index contributed by atoms with van der Waals surface area (Å²) in [5, 5.41) is 12.9. The second kappa shape index (κ2) is 10.4. The summed E-state index contributed by atoms with van der Waals surface area (Å²) in [6.07, 6.45) is 0. The highest BCUT2D eigenvalue weighted by molar-refractivity contribution is 7.99. The van der Waals surface area contributed by atoms with Gasteiger partial charge in [-0.3, -0.25) is 14.7 Å². The summed E-state index contributed by atoms with van der Waals surface area (Å²) in [6.45, 7) is 2.81. The van der Waals surface area contributed by atoms with Crippen LogP contribution in [0.5, 0.6) is 0 Å². The zero-order valence-corrected chi connectivity index (χ0v) is 18.1. The molecule has 2 amide bonds. The fourth-order valence-electron chi connectivity index (χ4n) is 2.47. The van der Waals surface area contributed by atoms with Gasteiger partial charge in [0, 0.05) is 22.0 Å². The van der Waals surface area contributed by atoms with E-state index < -0.39 is 0 Å². The van der Waals surface area contributed by atoms with Crippen molar-refractivity contribution >= 4 is 46.5 Å². The van der Waals surface area contributed by atoms with Gasteiger partial charge in [-0.2, -0.15) is 0 Å². The predicted octanol–water partition coefficient (Wildman–Crippen LogP) is 3.44. The molecule has 2 aromatic heterocycles. The minimum atomic E-state index is -0.179. The third kappa shape index (κ3) is 6.31. The van der Waals surface area contributed by atoms with Crippen molar-refractivity contribution in [2.75, 3.05) is 18.8 Å². The highest BCUT2D eigenvalue weighted by atomic mass is 35.5. The van der Waals surface area contributed by atoms with E-state index in [9.17, 15) is 9.59 Å². The van der Waals surface area contributed by atoms with Crippen molar-refractivity contribution in [2.45, 2.75) is 18.6 Å². The van der Waals surface area contributed by atoms with Crippen molar-refractivity contribution in [3.63, 3.8) is 0 Å². The third-order valence-electron chi connectivity index (χ3n) is 4.02. The van der Waals surface area contributed by atoms with E-state index in [4.69, 9.17) is 11.6 Å². The zero-order chi connectivity index (χ0) is 20.6. The molecule has 0 atom stereocenters. The van der Waals surface area contributed by atoms with Crippen LogP contribution in [-0.2, 0) is 16.1 Å². The summed E-state index contributed by atoms with van der Waals surface area (Å²) in [7, 11) is 0. The molecule has 3 aromatic rings. The van der Waals surface area contributed by atoms with Crippen molar-refractivity contribution in [3.05, 3.63) is 51.7 Å². The molecule has 152 valence electrons. The zero-order valence-electron chi connectivity index (χ0n) is 15.7. The van der Waals surface area contributed by atoms with Gasteiger partial charge in [0.1, 0.15) is 0 Å². The Hall–Kier alpha value is -2.36. The van der Waals surface area contributed by atoms with E-state index in [2.05, 4.69) is 20.5 Å². The Labute approximate surface area is 181 Å². The fraction of sp³-hybridized carbons (Fsp3) is 0.263. The monoisotopic (exact) mass is 449 g/mol. The molecule has 1 aromatic carbocycles. The molecule has 0 spiro atoms. The number of halogens is 1. The first-order chi connectivity index (χ1) is 14.0. The molecule has 0 saturated carbocycles. The summed E-state index contributed by atoms with van der Waals surface area (Å²) in [4.78, 5) is 31.6. The quantitative estimate of drug-likeness (QED) is 0.488. The van der Waals surface area contributed by atoms with Gasteiger partial charge in [-0.05, 0) is 42.6 Å². The molecular weight excluding hydrogens is 430 g/mol. The van der Waals surface area contributed by atoms with E-state index in [1.807, 2.05) is 36.6 Å². The maximum atomic E-state index is 12.5. The van der Waals surface area contributed by atoms with Gasteiger partial charge in [0.25, 0.3) is 0 Å². The molecule has 0 radical (unpaired) electrons. The molecular formula is C19H20ClN5O2S2. The lowest BCUT2D eigenvalue weighted by Crippen LogP contribution is -2.41. The summed E-state index contributed by atoms with van der Waals surface area (Å²) >= 11 is 8.70. The van der Waals surface area contributed by atoms with Crippen LogP contribution in [0.4, 0.5) is 0 Å². The van der Waals surface area contributed by atoms with Gasteiger partial charge in [0.15, 0.2) is 5.82 Å². The molecule has 0 unspecified atom stereocenters. The van der Waals surface area contributed by atoms with E-state index in [0.29, 0.717) is 29.1 Å². The van der Waals surface area contributed by atoms with Crippen molar-refractivity contribution in [1.29, 1.82) is 0 Å². The summed E-state index contributed by atoms with van der Waals surface area (Å²) in [6, 6.07) is 11.1. The number of carbonyl (C=O) groups excluding carboxylic acids is 2. The first kappa shape index (κ1) is 21.4. The molecule has 0 fully saturated rings. The Kier molecular flexibility index (Phi) is 7.68. The minimum absolute atomic E-state index is 0.0330. The van der Waals surface area contributed by atoms with Gasteiger partial charge in [-0.1, -0.05) is 29.4 Å². The van der Waals surface area contributed by atoms with Crippen LogP contribution in [0.25, 0.3) is 11.4 Å². The standard InChI is InChI=1S/C19H20ClN5O2S2/c1-2-25(11-16(26)21-10-15-4-3-9-28-15)17(27)12-29-19-22-18(23-24-19)13-5-7-14(20)8-6-13/h3-9H,2,10-12H2,1H3,(H,21,26)(H,22,23,24). The number of hydrogen-bond donors (Lipinski definition) is 2. The molecule has 0 aliphatic carbocycles. The van der Waals surface area contributed by atoms with Crippen molar-refractivity contribution in [3.8, 4) is 11.4 Å². The van der Waals surface area contributed by atoms with Gasteiger partial charge < -0.3 is 10.2 Å². The molecule has 0 saturated heterocycles. The first-order valence-corrected chi connectivity index (χ1v) is 11.2. The topological polar surface area (TPSA) is 91.0 Å². The number of carbonyl (C=O) groups is 2. The second-order valence-electron chi connectivity index (χ2n) is 6.03. The second-order valence-corrected chi connectivity index (χ2v) is 8.44. The summed E-state index contributed by atoms with van der Waals surface area (Å²) < 4.78 is 0. The van der Waals surface area contributed by atoms with Crippen LogP contribution >= 0.6 is 34.7 Å². The molecule has 0 bridgehead atoms. The highest BCUT2D eigenvalue weighted by Gasteiger charge is 2.17. The smallest absolute Gasteiger partial charge is 0.239 e. The Morgan fingerprint density at radius 2 is 2.07 bits per heavy atom. The normalized spacial score (nSPS) is 10.7. The number of thiophene rings is 1. The van der Waals surface area contributed by atoms with Gasteiger partial charge in [-0.25, -0.2) is 4.98 Å². The van der Waals surface area contributed by atoms with Crippen LogP contribution in [0.15, 0.2) is 46.9 Å². The van der Waals surface area contributed by atoms with Gasteiger partial charge in [0.2, 0.25) is 17.0 Å². The van der Waals surface area contributed by atoms with E-state index in [0.717, 1.165) is 10.4 Å². The minimum Gasteiger partial charge on any atom is -0.350 e. The largest absolute Gasteiger partial charge is 0.350 e. The number of amides is 2. The number of benzene rings is 1. The lowest BCUT2D eigenvalue weighted by molar-refractivity contribution is -0.133. The van der Waals surface area contributed by atoms with E-state index in [-0.39, 0.29) is 24.1 Å². The van der Waals surface area contributed by atoms with E-state index >= 15 is 0 Å². The maximum absolute atomic E-state index is 12.5. The number of likely N-dealkylation sites (N-methyl/N-ethyl adjacent to an activating group) is 1. The molecule has 0 aliphatic rings. The van der Waals surface area contributed by atoms with Gasteiger partial charge in [-0.15, -0.1) is 16.4 Å². The Balaban J connectivity index is 1.48. The number of hydrogen-bond acceptors (Lipinski definition) is 6. The van der Waals surface area contributed by atoms with E-state index in [1.54, 1.807) is 23.5 Å². The lowest BCUT2D eigenvalue weighted by atomic mass is 10.2. The van der Waals surface area contributed by atoms with E-state index in [1.165, 1.54) is 16.7 Å². The lowest BCUT2D eigenvalue weighted by Gasteiger charge is -2.19. The van der Waals surface area contributed by atoms with Crippen molar-refractivity contribution in [1.82, 2.24) is 25.4 Å². The summed E-state index contributed by atoms with van der Waals surface area (Å²) in [5.41, 5.74) is 0.859. The fourth-order valence-corrected chi connectivity index (χ4v) is 3.94. The van der Waals surface area contributed by atoms with Crippen LogP contribution in [-0.4, -0.2) is 50.7 Å².